The van der Waals surface area contributed by atoms with Gasteiger partial charge in [0.05, 0.1) is 6.61 Å². The van der Waals surface area contributed by atoms with Crippen molar-refractivity contribution in [1.29, 1.82) is 0 Å². The number of unbranched alkanes of at least 4 members (excludes halogenated alkanes) is 8. The highest BCUT2D eigenvalue weighted by atomic mass is 31.2. The lowest BCUT2D eigenvalue weighted by Crippen LogP contribution is -2.26. The van der Waals surface area contributed by atoms with Crippen LogP contribution in [0.3, 0.4) is 0 Å². The number of phosphoric ester groups is 1. The SMILES string of the molecule is CCCCC/C=C/C/C=C/CCCCCCCC(=O)NCCOP(=O)(O)O. The highest BCUT2D eigenvalue weighted by Gasteiger charge is 2.12. The summed E-state index contributed by atoms with van der Waals surface area (Å²) >= 11 is 0. The van der Waals surface area contributed by atoms with Gasteiger partial charge in [-0.05, 0) is 38.5 Å². The van der Waals surface area contributed by atoms with Gasteiger partial charge in [-0.3, -0.25) is 9.32 Å². The Kier molecular flexibility index (Phi) is 17.8. The number of carbonyl (C=O) groups excluding carboxylic acids is 1. The van der Waals surface area contributed by atoms with E-state index in [0.29, 0.717) is 6.42 Å². The second-order valence-corrected chi connectivity index (χ2v) is 7.89. The second kappa shape index (κ2) is 18.4. The average molecular weight is 404 g/mol. The minimum Gasteiger partial charge on any atom is -0.354 e. The van der Waals surface area contributed by atoms with Crippen LogP contribution in [0.4, 0.5) is 0 Å². The van der Waals surface area contributed by atoms with E-state index in [1.807, 2.05) is 0 Å². The van der Waals surface area contributed by atoms with Crippen LogP contribution in [0.25, 0.3) is 0 Å². The fourth-order valence-electron chi connectivity index (χ4n) is 2.54. The Balaban J connectivity index is 3.33. The minimum absolute atomic E-state index is 0.102. The summed E-state index contributed by atoms with van der Waals surface area (Å²) < 4.78 is 14.7. The van der Waals surface area contributed by atoms with Gasteiger partial charge in [-0.15, -0.1) is 0 Å². The third-order valence-electron chi connectivity index (χ3n) is 4.04. The normalized spacial score (nSPS) is 12.3. The molecule has 158 valence electrons. The largest absolute Gasteiger partial charge is 0.469 e. The zero-order valence-electron chi connectivity index (χ0n) is 16.8. The molecule has 0 saturated carbocycles. The van der Waals surface area contributed by atoms with Gasteiger partial charge < -0.3 is 15.1 Å². The Morgan fingerprint density at radius 1 is 0.926 bits per heavy atom. The van der Waals surface area contributed by atoms with E-state index in [-0.39, 0.29) is 19.1 Å². The lowest BCUT2D eigenvalue weighted by atomic mass is 10.1. The molecule has 0 heterocycles. The molecule has 3 N–H and O–H groups in total. The van der Waals surface area contributed by atoms with Crippen LogP contribution in [0.5, 0.6) is 0 Å². The fourth-order valence-corrected chi connectivity index (χ4v) is 2.87. The van der Waals surface area contributed by atoms with Crippen molar-refractivity contribution in [3.05, 3.63) is 24.3 Å². The van der Waals surface area contributed by atoms with Gasteiger partial charge in [-0.25, -0.2) is 4.57 Å². The van der Waals surface area contributed by atoms with Crippen molar-refractivity contribution in [2.45, 2.75) is 84.0 Å². The molecule has 0 spiro atoms. The number of hydrogen-bond acceptors (Lipinski definition) is 3. The average Bonchev–Trinajstić information content (AvgIpc) is 2.61. The van der Waals surface area contributed by atoms with Crippen LogP contribution in [0.15, 0.2) is 24.3 Å². The summed E-state index contributed by atoms with van der Waals surface area (Å²) in [7, 11) is -4.44. The standard InChI is InChI=1S/C20H38NO5P/c1-2-3-4-5-6-7-8-9-10-11-12-13-14-15-16-17-20(22)21-18-19-26-27(23,24)25/h6-7,9-10H,2-5,8,11-19H2,1H3,(H,21,22)(H2,23,24,25)/b7-6+,10-9+. The molecule has 0 aromatic heterocycles. The first-order valence-corrected chi connectivity index (χ1v) is 11.8. The smallest absolute Gasteiger partial charge is 0.354 e. The number of allylic oxidation sites excluding steroid dienone is 4. The van der Waals surface area contributed by atoms with E-state index in [1.54, 1.807) is 0 Å². The van der Waals surface area contributed by atoms with E-state index in [9.17, 15) is 9.36 Å². The van der Waals surface area contributed by atoms with E-state index in [0.717, 1.165) is 32.1 Å². The molecule has 0 fully saturated rings. The van der Waals surface area contributed by atoms with Crippen LogP contribution in [0, 0.1) is 0 Å². The molecule has 0 atom stereocenters. The highest BCUT2D eigenvalue weighted by Crippen LogP contribution is 2.35. The van der Waals surface area contributed by atoms with Crippen LogP contribution in [-0.4, -0.2) is 28.8 Å². The van der Waals surface area contributed by atoms with Crippen LogP contribution in [-0.2, 0) is 13.9 Å². The fraction of sp³-hybridized carbons (Fsp3) is 0.750. The van der Waals surface area contributed by atoms with Gasteiger partial charge in [-0.1, -0.05) is 63.3 Å². The van der Waals surface area contributed by atoms with Crippen LogP contribution in [0.1, 0.15) is 84.0 Å². The maximum atomic E-state index is 11.5. The number of hydrogen-bond donors (Lipinski definition) is 3. The van der Waals surface area contributed by atoms with E-state index >= 15 is 0 Å². The molecule has 7 heteroatoms. The Bertz CT molecular complexity index is 459. The molecule has 0 unspecified atom stereocenters. The van der Waals surface area contributed by atoms with Gasteiger partial charge in [0, 0.05) is 13.0 Å². The summed E-state index contributed by atoms with van der Waals surface area (Å²) in [4.78, 5) is 28.5. The van der Waals surface area contributed by atoms with E-state index in [4.69, 9.17) is 9.79 Å². The highest BCUT2D eigenvalue weighted by molar-refractivity contribution is 7.46. The molecule has 0 aromatic rings. The maximum absolute atomic E-state index is 11.5. The topological polar surface area (TPSA) is 95.9 Å². The van der Waals surface area contributed by atoms with Crippen molar-refractivity contribution in [3.63, 3.8) is 0 Å². The summed E-state index contributed by atoms with van der Waals surface area (Å²) in [6, 6.07) is 0. The Morgan fingerprint density at radius 3 is 2.15 bits per heavy atom. The Morgan fingerprint density at radius 2 is 1.52 bits per heavy atom. The molecule has 0 rings (SSSR count). The van der Waals surface area contributed by atoms with Crippen molar-refractivity contribution in [3.8, 4) is 0 Å². The van der Waals surface area contributed by atoms with E-state index < -0.39 is 7.82 Å². The number of carbonyl (C=O) groups is 1. The number of rotatable bonds is 18. The van der Waals surface area contributed by atoms with E-state index in [2.05, 4.69) is 41.1 Å². The van der Waals surface area contributed by atoms with Crippen LogP contribution >= 0.6 is 7.82 Å². The molecular formula is C20H38NO5P. The first-order chi connectivity index (χ1) is 13.0. The summed E-state index contributed by atoms with van der Waals surface area (Å²) in [6.45, 7) is 2.16. The number of nitrogens with one attached hydrogen (secondary N) is 1. The molecule has 1 amide bonds. The number of amides is 1. The van der Waals surface area contributed by atoms with Crippen LogP contribution in [0.2, 0.25) is 0 Å². The summed E-state index contributed by atoms with van der Waals surface area (Å²) in [5, 5.41) is 2.58. The first kappa shape index (κ1) is 26.1. The Hall–Kier alpha value is -0.940. The van der Waals surface area contributed by atoms with Crippen molar-refractivity contribution < 1.29 is 23.7 Å². The zero-order chi connectivity index (χ0) is 20.2. The predicted molar refractivity (Wildman–Crippen MR) is 110 cm³/mol. The van der Waals surface area contributed by atoms with Gasteiger partial charge in [-0.2, -0.15) is 0 Å². The van der Waals surface area contributed by atoms with Crippen molar-refractivity contribution in [2.24, 2.45) is 0 Å². The van der Waals surface area contributed by atoms with Gasteiger partial charge in [0.1, 0.15) is 0 Å². The summed E-state index contributed by atoms with van der Waals surface area (Å²) in [6.07, 6.45) is 22.0. The Labute approximate surface area is 164 Å². The van der Waals surface area contributed by atoms with Gasteiger partial charge in [0.15, 0.2) is 0 Å². The lowest BCUT2D eigenvalue weighted by molar-refractivity contribution is -0.121. The molecule has 0 aromatic carbocycles. The zero-order valence-corrected chi connectivity index (χ0v) is 17.7. The quantitative estimate of drug-likeness (QED) is 0.170. The van der Waals surface area contributed by atoms with Gasteiger partial charge in [0.25, 0.3) is 0 Å². The van der Waals surface area contributed by atoms with Crippen LogP contribution < -0.4 is 5.32 Å². The second-order valence-electron chi connectivity index (χ2n) is 6.65. The molecule has 0 aliphatic heterocycles. The van der Waals surface area contributed by atoms with Crippen molar-refractivity contribution in [2.75, 3.05) is 13.2 Å². The van der Waals surface area contributed by atoms with Gasteiger partial charge in [0.2, 0.25) is 5.91 Å². The van der Waals surface area contributed by atoms with Crippen molar-refractivity contribution >= 4 is 13.7 Å². The third kappa shape index (κ3) is 23.0. The van der Waals surface area contributed by atoms with Crippen molar-refractivity contribution in [1.82, 2.24) is 5.32 Å². The molecule has 0 aliphatic rings. The number of phosphoric acid groups is 1. The minimum atomic E-state index is -4.44. The molecule has 6 nitrogen and oxygen atoms in total. The monoisotopic (exact) mass is 403 g/mol. The summed E-state index contributed by atoms with van der Waals surface area (Å²) in [5.74, 6) is -0.102. The molecular weight excluding hydrogens is 365 g/mol. The maximum Gasteiger partial charge on any atom is 0.469 e. The third-order valence-corrected chi connectivity index (χ3v) is 4.56. The molecule has 0 saturated heterocycles. The molecule has 0 radical (unpaired) electrons. The molecule has 0 aliphatic carbocycles. The van der Waals surface area contributed by atoms with Gasteiger partial charge >= 0.3 is 7.82 Å². The predicted octanol–water partition coefficient (Wildman–Crippen LogP) is 5.03. The molecule has 27 heavy (non-hydrogen) atoms. The van der Waals surface area contributed by atoms with E-state index in [1.165, 1.54) is 38.5 Å². The molecule has 0 bridgehead atoms. The summed E-state index contributed by atoms with van der Waals surface area (Å²) in [5.41, 5.74) is 0. The first-order valence-electron chi connectivity index (χ1n) is 10.2. The lowest BCUT2D eigenvalue weighted by Gasteiger charge is -2.07.